The van der Waals surface area contributed by atoms with Crippen LogP contribution in [0.2, 0.25) is 0 Å². The zero-order valence-corrected chi connectivity index (χ0v) is 10.8. The van der Waals surface area contributed by atoms with Gasteiger partial charge < -0.3 is 4.98 Å². The molecule has 1 heterocycles. The van der Waals surface area contributed by atoms with Gasteiger partial charge in [-0.15, -0.1) is 0 Å². The molecular formula is C15H12F2N2O. The summed E-state index contributed by atoms with van der Waals surface area (Å²) in [5.74, 6) is -1.30. The highest BCUT2D eigenvalue weighted by atomic mass is 19.1. The van der Waals surface area contributed by atoms with E-state index < -0.39 is 11.6 Å². The molecule has 0 bridgehead atoms. The standard InChI is InChI=1S/C15H12F2N2O/c1-9-2-3-13-14(4-9)19(15(20)18-13)8-10-5-11(16)7-12(17)6-10/h2-7H,8H2,1H3,(H,18,20). The van der Waals surface area contributed by atoms with Crippen molar-refractivity contribution < 1.29 is 8.78 Å². The molecule has 0 fully saturated rings. The van der Waals surface area contributed by atoms with Gasteiger partial charge in [-0.05, 0) is 42.3 Å². The summed E-state index contributed by atoms with van der Waals surface area (Å²) in [4.78, 5) is 14.7. The topological polar surface area (TPSA) is 37.8 Å². The summed E-state index contributed by atoms with van der Waals surface area (Å²) in [6.45, 7) is 2.04. The first-order valence-electron chi connectivity index (χ1n) is 6.17. The third-order valence-corrected chi connectivity index (χ3v) is 3.19. The predicted octanol–water partition coefficient (Wildman–Crippen LogP) is 2.96. The SMILES string of the molecule is Cc1ccc2[nH]c(=O)n(Cc3cc(F)cc(F)c3)c2c1. The average Bonchev–Trinajstić information content (AvgIpc) is 2.65. The molecule has 0 atom stereocenters. The summed E-state index contributed by atoms with van der Waals surface area (Å²) in [5.41, 5.74) is 2.55. The van der Waals surface area contributed by atoms with Gasteiger partial charge in [-0.25, -0.2) is 13.6 Å². The Bertz CT molecular complexity index is 828. The van der Waals surface area contributed by atoms with E-state index in [0.717, 1.165) is 17.1 Å². The van der Waals surface area contributed by atoms with Crippen LogP contribution in [-0.4, -0.2) is 9.55 Å². The van der Waals surface area contributed by atoms with Crippen LogP contribution in [0.3, 0.4) is 0 Å². The van der Waals surface area contributed by atoms with Gasteiger partial charge in [0.1, 0.15) is 11.6 Å². The Hall–Kier alpha value is -2.43. The van der Waals surface area contributed by atoms with Crippen LogP contribution in [0.5, 0.6) is 0 Å². The number of hydrogen-bond acceptors (Lipinski definition) is 1. The first kappa shape index (κ1) is 12.6. The van der Waals surface area contributed by atoms with Crippen LogP contribution in [0.25, 0.3) is 11.0 Å². The van der Waals surface area contributed by atoms with Gasteiger partial charge in [0, 0.05) is 6.07 Å². The lowest BCUT2D eigenvalue weighted by molar-refractivity contribution is 0.577. The minimum atomic E-state index is -0.649. The lowest BCUT2D eigenvalue weighted by Crippen LogP contribution is -2.17. The maximum Gasteiger partial charge on any atom is 0.326 e. The van der Waals surface area contributed by atoms with Crippen molar-refractivity contribution in [1.29, 1.82) is 0 Å². The number of benzene rings is 2. The van der Waals surface area contributed by atoms with E-state index in [1.807, 2.05) is 25.1 Å². The fourth-order valence-electron chi connectivity index (χ4n) is 2.30. The maximum absolute atomic E-state index is 13.2. The first-order valence-corrected chi connectivity index (χ1v) is 6.17. The number of imidazole rings is 1. The number of H-pyrrole nitrogens is 1. The molecule has 3 nitrogen and oxygen atoms in total. The molecule has 0 saturated heterocycles. The maximum atomic E-state index is 13.2. The molecular weight excluding hydrogens is 262 g/mol. The molecule has 0 spiro atoms. The second kappa shape index (κ2) is 4.59. The Labute approximate surface area is 113 Å². The highest BCUT2D eigenvalue weighted by molar-refractivity contribution is 5.76. The highest BCUT2D eigenvalue weighted by Crippen LogP contribution is 2.15. The van der Waals surface area contributed by atoms with Crippen LogP contribution >= 0.6 is 0 Å². The van der Waals surface area contributed by atoms with Crippen molar-refractivity contribution in [3.05, 3.63) is 69.6 Å². The van der Waals surface area contributed by atoms with E-state index in [-0.39, 0.29) is 12.2 Å². The van der Waals surface area contributed by atoms with Crippen LogP contribution in [0.4, 0.5) is 8.78 Å². The van der Waals surface area contributed by atoms with Gasteiger partial charge in [-0.1, -0.05) is 6.07 Å². The largest absolute Gasteiger partial charge is 0.326 e. The van der Waals surface area contributed by atoms with Crippen molar-refractivity contribution in [1.82, 2.24) is 9.55 Å². The van der Waals surface area contributed by atoms with Gasteiger partial charge in [0.15, 0.2) is 0 Å². The van der Waals surface area contributed by atoms with Gasteiger partial charge in [-0.3, -0.25) is 4.57 Å². The molecule has 5 heteroatoms. The van der Waals surface area contributed by atoms with Crippen LogP contribution in [0.15, 0.2) is 41.2 Å². The van der Waals surface area contributed by atoms with Crippen molar-refractivity contribution in [2.24, 2.45) is 0 Å². The van der Waals surface area contributed by atoms with Gasteiger partial charge in [0.05, 0.1) is 17.6 Å². The van der Waals surface area contributed by atoms with E-state index in [0.29, 0.717) is 11.1 Å². The fourth-order valence-corrected chi connectivity index (χ4v) is 2.30. The number of aromatic nitrogens is 2. The number of nitrogens with one attached hydrogen (secondary N) is 1. The molecule has 0 aliphatic carbocycles. The Balaban J connectivity index is 2.12. The van der Waals surface area contributed by atoms with Crippen molar-refractivity contribution in [3.8, 4) is 0 Å². The summed E-state index contributed by atoms with van der Waals surface area (Å²) >= 11 is 0. The first-order chi connectivity index (χ1) is 9.52. The molecule has 0 radical (unpaired) electrons. The molecule has 0 aliphatic heterocycles. The summed E-state index contributed by atoms with van der Waals surface area (Å²) < 4.78 is 27.9. The number of aryl methyl sites for hydroxylation is 1. The third-order valence-electron chi connectivity index (χ3n) is 3.19. The number of rotatable bonds is 2. The van der Waals surface area contributed by atoms with E-state index in [1.165, 1.54) is 16.7 Å². The normalized spacial score (nSPS) is 11.2. The second-order valence-corrected chi connectivity index (χ2v) is 4.81. The Kier molecular flexibility index (Phi) is 2.89. The fraction of sp³-hybridized carbons (Fsp3) is 0.133. The summed E-state index contributed by atoms with van der Waals surface area (Å²) in [5, 5.41) is 0. The minimum Gasteiger partial charge on any atom is -0.306 e. The summed E-state index contributed by atoms with van der Waals surface area (Å²) in [7, 11) is 0. The smallest absolute Gasteiger partial charge is 0.306 e. The number of nitrogens with zero attached hydrogens (tertiary/aromatic N) is 1. The molecule has 0 aliphatic rings. The van der Waals surface area contributed by atoms with Gasteiger partial charge in [-0.2, -0.15) is 0 Å². The monoisotopic (exact) mass is 274 g/mol. The molecule has 0 unspecified atom stereocenters. The average molecular weight is 274 g/mol. The van der Waals surface area contributed by atoms with Crippen molar-refractivity contribution in [2.75, 3.05) is 0 Å². The van der Waals surface area contributed by atoms with Crippen LogP contribution in [0, 0.1) is 18.6 Å². The van der Waals surface area contributed by atoms with Crippen LogP contribution in [-0.2, 0) is 6.54 Å². The molecule has 0 amide bonds. The van der Waals surface area contributed by atoms with Crippen molar-refractivity contribution in [2.45, 2.75) is 13.5 Å². The third kappa shape index (κ3) is 2.22. The second-order valence-electron chi connectivity index (χ2n) is 4.81. The predicted molar refractivity (Wildman–Crippen MR) is 72.8 cm³/mol. The molecule has 0 saturated carbocycles. The molecule has 3 aromatic rings. The van der Waals surface area contributed by atoms with Crippen LogP contribution in [0.1, 0.15) is 11.1 Å². The van der Waals surface area contributed by atoms with E-state index in [9.17, 15) is 13.6 Å². The minimum absolute atomic E-state index is 0.122. The van der Waals surface area contributed by atoms with E-state index in [2.05, 4.69) is 4.98 Å². The zero-order valence-electron chi connectivity index (χ0n) is 10.8. The van der Waals surface area contributed by atoms with Crippen LogP contribution < -0.4 is 5.69 Å². The van der Waals surface area contributed by atoms with E-state index in [1.54, 1.807) is 0 Å². The molecule has 1 N–H and O–H groups in total. The lowest BCUT2D eigenvalue weighted by atomic mass is 10.2. The molecule has 20 heavy (non-hydrogen) atoms. The Morgan fingerprint density at radius 1 is 1.10 bits per heavy atom. The zero-order chi connectivity index (χ0) is 14.3. The molecule has 1 aromatic heterocycles. The quantitative estimate of drug-likeness (QED) is 0.766. The summed E-state index contributed by atoms with van der Waals surface area (Å²) in [6, 6.07) is 8.84. The Morgan fingerprint density at radius 2 is 1.80 bits per heavy atom. The molecule has 2 aromatic carbocycles. The van der Waals surface area contributed by atoms with Crippen molar-refractivity contribution >= 4 is 11.0 Å². The number of halogens is 2. The molecule has 102 valence electrons. The summed E-state index contributed by atoms with van der Waals surface area (Å²) in [6.07, 6.45) is 0. The van der Waals surface area contributed by atoms with Gasteiger partial charge >= 0.3 is 5.69 Å². The van der Waals surface area contributed by atoms with Gasteiger partial charge in [0.25, 0.3) is 0 Å². The van der Waals surface area contributed by atoms with E-state index in [4.69, 9.17) is 0 Å². The van der Waals surface area contributed by atoms with Crippen molar-refractivity contribution in [3.63, 3.8) is 0 Å². The highest BCUT2D eigenvalue weighted by Gasteiger charge is 2.09. The lowest BCUT2D eigenvalue weighted by Gasteiger charge is -2.05. The number of hydrogen-bond donors (Lipinski definition) is 1. The Morgan fingerprint density at radius 3 is 2.50 bits per heavy atom. The van der Waals surface area contributed by atoms with Gasteiger partial charge in [0.2, 0.25) is 0 Å². The molecule has 3 rings (SSSR count). The number of fused-ring (bicyclic) bond motifs is 1. The number of aromatic amines is 1. The van der Waals surface area contributed by atoms with E-state index >= 15 is 0 Å².